The van der Waals surface area contributed by atoms with E-state index in [0.29, 0.717) is 38.1 Å². The lowest BCUT2D eigenvalue weighted by Gasteiger charge is -2.34. The third-order valence-corrected chi connectivity index (χ3v) is 10.3. The van der Waals surface area contributed by atoms with Crippen LogP contribution in [0.1, 0.15) is 43.7 Å². The number of fused-ring (bicyclic) bond motifs is 1. The molecule has 39 heavy (non-hydrogen) atoms. The molecule has 0 aromatic heterocycles. The molecule has 5 rings (SSSR count). The van der Waals surface area contributed by atoms with E-state index in [1.165, 1.54) is 0 Å². The van der Waals surface area contributed by atoms with Gasteiger partial charge in [-0.3, -0.25) is 14.4 Å². The Morgan fingerprint density at radius 3 is 2.46 bits per heavy atom. The van der Waals surface area contributed by atoms with Crippen molar-refractivity contribution in [2.24, 2.45) is 11.8 Å². The molecule has 3 aliphatic rings. The number of nitrogens with one attached hydrogen (secondary N) is 2. The number of hydrogen-bond donors (Lipinski definition) is 3. The highest BCUT2D eigenvalue weighted by Gasteiger charge is 2.73. The molecule has 1 spiro atoms. The van der Waals surface area contributed by atoms with Gasteiger partial charge in [0.05, 0.1) is 23.2 Å². The monoisotopic (exact) mass is 551 g/mol. The normalized spacial score (nSPS) is 27.0. The molecule has 3 heterocycles. The first-order chi connectivity index (χ1) is 18.8. The lowest BCUT2D eigenvalue weighted by molar-refractivity contribution is -0.138. The van der Waals surface area contributed by atoms with Crippen molar-refractivity contribution >= 4 is 40.9 Å². The second-order valence-electron chi connectivity index (χ2n) is 10.7. The van der Waals surface area contributed by atoms with E-state index >= 15 is 0 Å². The van der Waals surface area contributed by atoms with Crippen molar-refractivity contribution in [3.63, 3.8) is 0 Å². The van der Waals surface area contributed by atoms with E-state index < -0.39 is 22.6 Å². The highest BCUT2D eigenvalue weighted by atomic mass is 32.2. The van der Waals surface area contributed by atoms with Gasteiger partial charge in [-0.1, -0.05) is 18.2 Å². The smallest absolute Gasteiger partial charge is 0.248 e. The molecule has 3 fully saturated rings. The molecule has 2 unspecified atom stereocenters. The Bertz CT molecular complexity index is 1230. The highest BCUT2D eigenvalue weighted by Crippen LogP contribution is 2.66. The number of unbranched alkanes of at least 4 members (excludes halogenated alkanes) is 1. The van der Waals surface area contributed by atoms with Crippen LogP contribution in [-0.4, -0.2) is 63.5 Å². The summed E-state index contributed by atoms with van der Waals surface area (Å²) in [7, 11) is 0. The molecule has 8 nitrogen and oxygen atoms in total. The second-order valence-corrected chi connectivity index (χ2v) is 12.3. The van der Waals surface area contributed by atoms with Crippen molar-refractivity contribution in [1.29, 1.82) is 0 Å². The van der Waals surface area contributed by atoms with Crippen molar-refractivity contribution in [3.8, 4) is 5.75 Å². The molecule has 0 saturated carbocycles. The van der Waals surface area contributed by atoms with Crippen LogP contribution in [0.25, 0.3) is 0 Å². The van der Waals surface area contributed by atoms with Crippen LogP contribution in [0.2, 0.25) is 0 Å². The van der Waals surface area contributed by atoms with Gasteiger partial charge in [0.1, 0.15) is 11.8 Å². The van der Waals surface area contributed by atoms with Crippen LogP contribution in [0.4, 0.5) is 11.4 Å². The minimum Gasteiger partial charge on any atom is -0.494 e. The summed E-state index contributed by atoms with van der Waals surface area (Å²) in [4.78, 5) is 43.4. The Kier molecular flexibility index (Phi) is 7.91. The largest absolute Gasteiger partial charge is 0.494 e. The molecule has 3 N–H and O–H groups in total. The second kappa shape index (κ2) is 11.2. The summed E-state index contributed by atoms with van der Waals surface area (Å²) in [6, 6.07) is 12.4. The summed E-state index contributed by atoms with van der Waals surface area (Å²) in [5.41, 5.74) is 3.35. The third-order valence-electron chi connectivity index (χ3n) is 8.32. The number of anilines is 2. The number of aliphatic hydroxyl groups excluding tert-OH is 1. The molecule has 208 valence electrons. The lowest BCUT2D eigenvalue weighted by Crippen LogP contribution is -2.51. The van der Waals surface area contributed by atoms with Crippen LogP contribution in [0.5, 0.6) is 5.75 Å². The molecule has 3 aliphatic heterocycles. The van der Waals surface area contributed by atoms with Crippen molar-refractivity contribution < 1.29 is 24.2 Å². The minimum absolute atomic E-state index is 0.0169. The average molecular weight is 552 g/mol. The van der Waals surface area contributed by atoms with Crippen LogP contribution in [0, 0.1) is 25.7 Å². The molecule has 5 atom stereocenters. The van der Waals surface area contributed by atoms with Gasteiger partial charge in [0.15, 0.2) is 0 Å². The first-order valence-corrected chi connectivity index (χ1v) is 14.7. The van der Waals surface area contributed by atoms with Gasteiger partial charge in [0, 0.05) is 29.8 Å². The first kappa shape index (κ1) is 27.5. The first-order valence-electron chi connectivity index (χ1n) is 13.8. The topological polar surface area (TPSA) is 108 Å². The maximum Gasteiger partial charge on any atom is 0.248 e. The van der Waals surface area contributed by atoms with Gasteiger partial charge in [-0.15, -0.1) is 11.8 Å². The standard InChI is InChI=1S/C30H37N3O5S/c1-4-38-21-12-10-20(11-13-21)31-27(35)23-22-14-15-30(39-22)24(23)29(37)33(16-5-6-17-34)26(30)28(36)32-25-18(2)8-7-9-19(25)3/h7-13,22-24,26,34H,4-6,14-17H2,1-3H3,(H,31,35)(H,32,36)/t22-,23+,24+,26?,30?/m1/s1. The van der Waals surface area contributed by atoms with Crippen molar-refractivity contribution in [1.82, 2.24) is 4.90 Å². The molecule has 3 amide bonds. The van der Waals surface area contributed by atoms with E-state index in [9.17, 15) is 19.5 Å². The summed E-state index contributed by atoms with van der Waals surface area (Å²) in [6.07, 6.45) is 2.64. The SMILES string of the molecule is CCOc1ccc(NC(=O)[C@@H]2[C@H]3C(=O)N(CCCCO)C(C(=O)Nc4c(C)cccc4C)C34CC[C@H]2S4)cc1. The predicted octanol–water partition coefficient (Wildman–Crippen LogP) is 4.14. The Labute approximate surface area is 233 Å². The quantitative estimate of drug-likeness (QED) is 0.383. The van der Waals surface area contributed by atoms with E-state index in [-0.39, 0.29) is 29.6 Å². The zero-order chi connectivity index (χ0) is 27.7. The molecule has 0 aliphatic carbocycles. The Hall–Kier alpha value is -3.04. The molecular formula is C30H37N3O5S. The van der Waals surface area contributed by atoms with Gasteiger partial charge >= 0.3 is 0 Å². The summed E-state index contributed by atoms with van der Waals surface area (Å²) >= 11 is 1.65. The molecule has 3 saturated heterocycles. The van der Waals surface area contributed by atoms with Gasteiger partial charge in [-0.2, -0.15) is 0 Å². The van der Waals surface area contributed by atoms with Crippen molar-refractivity contribution in [3.05, 3.63) is 53.6 Å². The number of benzene rings is 2. The van der Waals surface area contributed by atoms with E-state index in [1.807, 2.05) is 51.1 Å². The number of thioether (sulfide) groups is 1. The summed E-state index contributed by atoms with van der Waals surface area (Å²) in [6.45, 7) is 6.80. The fraction of sp³-hybridized carbons (Fsp3) is 0.500. The third kappa shape index (κ3) is 4.91. The van der Waals surface area contributed by atoms with Gasteiger partial charge in [0.25, 0.3) is 0 Å². The van der Waals surface area contributed by atoms with Gasteiger partial charge in [-0.05, 0) is 81.8 Å². The van der Waals surface area contributed by atoms with E-state index in [1.54, 1.807) is 28.8 Å². The van der Waals surface area contributed by atoms with E-state index in [4.69, 9.17) is 4.74 Å². The number of hydrogen-bond acceptors (Lipinski definition) is 6. The highest BCUT2D eigenvalue weighted by molar-refractivity contribution is 8.02. The summed E-state index contributed by atoms with van der Waals surface area (Å²) < 4.78 is 4.85. The summed E-state index contributed by atoms with van der Waals surface area (Å²) in [5.74, 6) is -0.855. The number of para-hydroxylation sites is 1. The molecule has 2 bridgehead atoms. The Morgan fingerprint density at radius 2 is 1.79 bits per heavy atom. The number of carbonyl (C=O) groups excluding carboxylic acids is 3. The zero-order valence-electron chi connectivity index (χ0n) is 22.7. The number of aryl methyl sites for hydroxylation is 2. The number of likely N-dealkylation sites (tertiary alicyclic amines) is 1. The van der Waals surface area contributed by atoms with E-state index in [0.717, 1.165) is 29.0 Å². The molecular weight excluding hydrogens is 514 g/mol. The van der Waals surface area contributed by atoms with Gasteiger partial charge < -0.3 is 25.4 Å². The molecule has 9 heteroatoms. The number of nitrogens with zero attached hydrogens (tertiary/aromatic N) is 1. The van der Waals surface area contributed by atoms with Crippen LogP contribution in [0.15, 0.2) is 42.5 Å². The fourth-order valence-corrected chi connectivity index (χ4v) is 8.84. The zero-order valence-corrected chi connectivity index (χ0v) is 23.6. The number of rotatable bonds is 10. The van der Waals surface area contributed by atoms with Gasteiger partial charge in [-0.25, -0.2) is 0 Å². The van der Waals surface area contributed by atoms with Crippen LogP contribution >= 0.6 is 11.8 Å². The summed E-state index contributed by atoms with van der Waals surface area (Å²) in [5, 5.41) is 15.5. The fourth-order valence-electron chi connectivity index (χ4n) is 6.62. The van der Waals surface area contributed by atoms with Crippen molar-refractivity contribution in [2.45, 2.75) is 62.5 Å². The Morgan fingerprint density at radius 1 is 1.08 bits per heavy atom. The lowest BCUT2D eigenvalue weighted by atomic mass is 9.70. The van der Waals surface area contributed by atoms with E-state index in [2.05, 4.69) is 10.6 Å². The molecule has 0 radical (unpaired) electrons. The van der Waals surface area contributed by atoms with Crippen molar-refractivity contribution in [2.75, 3.05) is 30.4 Å². The van der Waals surface area contributed by atoms with Crippen LogP contribution < -0.4 is 15.4 Å². The van der Waals surface area contributed by atoms with Crippen LogP contribution in [-0.2, 0) is 14.4 Å². The predicted molar refractivity (Wildman–Crippen MR) is 153 cm³/mol. The Balaban J connectivity index is 1.43. The minimum atomic E-state index is -0.675. The number of ether oxygens (including phenoxy) is 1. The molecule has 2 aromatic rings. The average Bonchev–Trinajstić information content (AvgIpc) is 3.55. The maximum atomic E-state index is 14.0. The van der Waals surface area contributed by atoms with Crippen LogP contribution in [0.3, 0.4) is 0 Å². The maximum absolute atomic E-state index is 14.0. The number of carbonyl (C=O) groups is 3. The van der Waals surface area contributed by atoms with Gasteiger partial charge in [0.2, 0.25) is 17.7 Å². The number of aliphatic hydroxyl groups is 1. The molecule has 2 aromatic carbocycles. The number of amides is 3.